The lowest BCUT2D eigenvalue weighted by Crippen LogP contribution is -2.20. The van der Waals surface area contributed by atoms with Crippen molar-refractivity contribution >= 4 is 45.3 Å². The van der Waals surface area contributed by atoms with Gasteiger partial charge in [-0.25, -0.2) is 5.43 Å². The Morgan fingerprint density at radius 1 is 1.08 bits per heavy atom. The zero-order chi connectivity index (χ0) is 18.9. The molecule has 0 saturated heterocycles. The molecule has 26 heavy (non-hydrogen) atoms. The summed E-state index contributed by atoms with van der Waals surface area (Å²) in [6, 6.07) is 12.9. The number of hydrazone groups is 1. The van der Waals surface area contributed by atoms with Crippen LogP contribution < -0.4 is 10.7 Å². The van der Waals surface area contributed by atoms with Gasteiger partial charge in [0.2, 0.25) is 11.8 Å². The fraction of sp³-hybridized carbons (Fsp3) is 0.118. The summed E-state index contributed by atoms with van der Waals surface area (Å²) in [5, 5.41) is 17.0. The number of benzene rings is 2. The molecule has 2 rings (SSSR count). The fourth-order valence-corrected chi connectivity index (χ4v) is 2.30. The summed E-state index contributed by atoms with van der Waals surface area (Å²) < 4.78 is 0.755. The van der Waals surface area contributed by atoms with E-state index >= 15 is 0 Å². The first-order chi connectivity index (χ1) is 12.5. The molecule has 0 bridgehead atoms. The SMILES string of the molecule is O=C(CCC(=O)Nc1ccccc1Br)NN=Cc1ccc([N+](=O)[O-])cc1. The topological polar surface area (TPSA) is 114 Å². The van der Waals surface area contributed by atoms with Crippen LogP contribution in [0.4, 0.5) is 11.4 Å². The Bertz CT molecular complexity index is 837. The molecule has 0 aliphatic rings. The first-order valence-corrected chi connectivity index (χ1v) is 8.36. The number of carbonyl (C=O) groups excluding carboxylic acids is 2. The number of nitro groups is 1. The van der Waals surface area contributed by atoms with Gasteiger partial charge in [0, 0.05) is 29.4 Å². The maximum absolute atomic E-state index is 11.8. The molecule has 9 heteroatoms. The Morgan fingerprint density at radius 2 is 1.73 bits per heavy atom. The number of para-hydroxylation sites is 1. The maximum Gasteiger partial charge on any atom is 0.269 e. The molecule has 0 aliphatic carbocycles. The van der Waals surface area contributed by atoms with E-state index in [9.17, 15) is 19.7 Å². The van der Waals surface area contributed by atoms with E-state index in [0.29, 0.717) is 11.3 Å². The number of non-ortho nitro benzene ring substituents is 1. The first kappa shape index (κ1) is 19.3. The Morgan fingerprint density at radius 3 is 2.38 bits per heavy atom. The molecule has 0 saturated carbocycles. The van der Waals surface area contributed by atoms with Crippen LogP contribution in [0.5, 0.6) is 0 Å². The largest absolute Gasteiger partial charge is 0.325 e. The van der Waals surface area contributed by atoms with Crippen LogP contribution in [0, 0.1) is 10.1 Å². The third-order valence-corrected chi connectivity index (χ3v) is 3.93. The van der Waals surface area contributed by atoms with Gasteiger partial charge in [-0.3, -0.25) is 19.7 Å². The van der Waals surface area contributed by atoms with Gasteiger partial charge in [-0.2, -0.15) is 5.10 Å². The quantitative estimate of drug-likeness (QED) is 0.408. The summed E-state index contributed by atoms with van der Waals surface area (Å²) in [4.78, 5) is 33.6. The highest BCUT2D eigenvalue weighted by atomic mass is 79.9. The first-order valence-electron chi connectivity index (χ1n) is 7.56. The van der Waals surface area contributed by atoms with E-state index in [0.717, 1.165) is 4.47 Å². The molecule has 0 radical (unpaired) electrons. The highest BCUT2D eigenvalue weighted by Crippen LogP contribution is 2.21. The lowest BCUT2D eigenvalue weighted by atomic mass is 10.2. The maximum atomic E-state index is 11.8. The average Bonchev–Trinajstić information content (AvgIpc) is 2.62. The van der Waals surface area contributed by atoms with E-state index in [4.69, 9.17) is 0 Å². The van der Waals surface area contributed by atoms with E-state index in [1.165, 1.54) is 30.5 Å². The number of carbonyl (C=O) groups is 2. The number of hydrogen-bond donors (Lipinski definition) is 2. The standard InChI is InChI=1S/C17H15BrN4O4/c18-14-3-1-2-4-15(14)20-16(23)9-10-17(24)21-19-11-12-5-7-13(8-6-12)22(25)26/h1-8,11H,9-10H2,(H,20,23)(H,21,24). The minimum absolute atomic E-state index is 0.0141. The molecular formula is C17H15BrN4O4. The lowest BCUT2D eigenvalue weighted by Gasteiger charge is -2.06. The lowest BCUT2D eigenvalue weighted by molar-refractivity contribution is -0.384. The molecule has 2 N–H and O–H groups in total. The minimum atomic E-state index is -0.498. The number of nitrogens with zero attached hydrogens (tertiary/aromatic N) is 2. The molecule has 0 unspecified atom stereocenters. The molecule has 0 aromatic heterocycles. The summed E-state index contributed by atoms with van der Waals surface area (Å²) in [5.41, 5.74) is 3.51. The Hall–Kier alpha value is -3.07. The number of hydrogen-bond acceptors (Lipinski definition) is 5. The molecule has 0 heterocycles. The van der Waals surface area contributed by atoms with Gasteiger partial charge in [0.15, 0.2) is 0 Å². The summed E-state index contributed by atoms with van der Waals surface area (Å²) in [6.45, 7) is 0. The number of amides is 2. The summed E-state index contributed by atoms with van der Waals surface area (Å²) >= 11 is 3.32. The monoisotopic (exact) mass is 418 g/mol. The molecule has 8 nitrogen and oxygen atoms in total. The van der Waals surface area contributed by atoms with E-state index in [1.54, 1.807) is 18.2 Å². The molecule has 0 aliphatic heterocycles. The van der Waals surface area contributed by atoms with Crippen molar-refractivity contribution in [2.75, 3.05) is 5.32 Å². The number of rotatable bonds is 7. The number of anilines is 1. The molecule has 0 spiro atoms. The zero-order valence-electron chi connectivity index (χ0n) is 13.5. The van der Waals surface area contributed by atoms with Crippen LogP contribution in [-0.2, 0) is 9.59 Å². The van der Waals surface area contributed by atoms with Crippen LogP contribution in [0.25, 0.3) is 0 Å². The van der Waals surface area contributed by atoms with Gasteiger partial charge in [-0.05, 0) is 45.8 Å². The van der Waals surface area contributed by atoms with E-state index in [2.05, 4.69) is 31.8 Å². The van der Waals surface area contributed by atoms with E-state index in [1.807, 2.05) is 6.07 Å². The molecule has 2 aromatic rings. The van der Waals surface area contributed by atoms with Crippen molar-refractivity contribution in [3.05, 3.63) is 68.7 Å². The van der Waals surface area contributed by atoms with Crippen molar-refractivity contribution in [2.45, 2.75) is 12.8 Å². The third-order valence-electron chi connectivity index (χ3n) is 3.23. The van der Waals surface area contributed by atoms with Gasteiger partial charge in [0.1, 0.15) is 0 Å². The van der Waals surface area contributed by atoms with Crippen LogP contribution in [0.3, 0.4) is 0 Å². The van der Waals surface area contributed by atoms with Crippen molar-refractivity contribution in [2.24, 2.45) is 5.10 Å². The number of nitrogens with one attached hydrogen (secondary N) is 2. The smallest absolute Gasteiger partial charge is 0.269 e. The Kier molecular flexibility index (Phi) is 6.98. The highest BCUT2D eigenvalue weighted by Gasteiger charge is 2.08. The predicted molar refractivity (Wildman–Crippen MR) is 101 cm³/mol. The predicted octanol–water partition coefficient (Wildman–Crippen LogP) is 3.23. The zero-order valence-corrected chi connectivity index (χ0v) is 15.1. The normalized spacial score (nSPS) is 10.5. The Labute approximate surface area is 157 Å². The van der Waals surface area contributed by atoms with Gasteiger partial charge in [-0.15, -0.1) is 0 Å². The Balaban J connectivity index is 1.75. The van der Waals surface area contributed by atoms with Gasteiger partial charge in [0.05, 0.1) is 16.8 Å². The van der Waals surface area contributed by atoms with Crippen LogP contribution >= 0.6 is 15.9 Å². The van der Waals surface area contributed by atoms with E-state index in [-0.39, 0.29) is 24.4 Å². The summed E-state index contributed by atoms with van der Waals surface area (Å²) in [5.74, 6) is -0.697. The van der Waals surface area contributed by atoms with Crippen molar-refractivity contribution < 1.29 is 14.5 Å². The highest BCUT2D eigenvalue weighted by molar-refractivity contribution is 9.10. The van der Waals surface area contributed by atoms with E-state index < -0.39 is 10.8 Å². The van der Waals surface area contributed by atoms with Gasteiger partial charge >= 0.3 is 0 Å². The summed E-state index contributed by atoms with van der Waals surface area (Å²) in [7, 11) is 0. The van der Waals surface area contributed by atoms with Crippen molar-refractivity contribution in [3.63, 3.8) is 0 Å². The molecule has 2 amide bonds. The molecule has 2 aromatic carbocycles. The van der Waals surface area contributed by atoms with Crippen molar-refractivity contribution in [1.29, 1.82) is 0 Å². The molecule has 0 fully saturated rings. The second kappa shape index (κ2) is 9.42. The van der Waals surface area contributed by atoms with Gasteiger partial charge in [-0.1, -0.05) is 12.1 Å². The third kappa shape index (κ3) is 6.10. The molecule has 0 atom stereocenters. The number of halogens is 1. The van der Waals surface area contributed by atoms with Crippen molar-refractivity contribution in [3.8, 4) is 0 Å². The van der Waals surface area contributed by atoms with Crippen LogP contribution in [0.15, 0.2) is 58.1 Å². The molecule has 134 valence electrons. The minimum Gasteiger partial charge on any atom is -0.325 e. The van der Waals surface area contributed by atoms with Crippen molar-refractivity contribution in [1.82, 2.24) is 5.43 Å². The van der Waals surface area contributed by atoms with Crippen LogP contribution in [-0.4, -0.2) is 23.0 Å². The van der Waals surface area contributed by atoms with Crippen LogP contribution in [0.2, 0.25) is 0 Å². The second-order valence-corrected chi connectivity index (χ2v) is 6.02. The van der Waals surface area contributed by atoms with Gasteiger partial charge in [0.25, 0.3) is 5.69 Å². The fourth-order valence-electron chi connectivity index (χ4n) is 1.92. The number of nitro benzene ring substituents is 1. The summed E-state index contributed by atoms with van der Waals surface area (Å²) in [6.07, 6.45) is 1.36. The second-order valence-electron chi connectivity index (χ2n) is 5.17. The van der Waals surface area contributed by atoms with Crippen LogP contribution in [0.1, 0.15) is 18.4 Å². The average molecular weight is 419 g/mol. The molecular weight excluding hydrogens is 404 g/mol. The van der Waals surface area contributed by atoms with Gasteiger partial charge < -0.3 is 5.32 Å².